The molecule has 2 aliphatic rings. The second-order valence-corrected chi connectivity index (χ2v) is 4.47. The summed E-state index contributed by atoms with van der Waals surface area (Å²) < 4.78 is 0. The fourth-order valence-corrected chi connectivity index (χ4v) is 2.22. The largest absolute Gasteiger partial charge is 0.388 e. The van der Waals surface area contributed by atoms with Crippen LogP contribution in [0.3, 0.4) is 0 Å². The number of hydrogen-bond donors (Lipinski definition) is 1. The highest BCUT2D eigenvalue weighted by atomic mass is 16.3. The fourth-order valence-electron chi connectivity index (χ4n) is 2.22. The molecule has 2 nitrogen and oxygen atoms in total. The standard InChI is InChI=1S/C10H15NO/c1-9(12,8-3-2-4-8)10(7-11)5-6-10/h8,12H,2-6H2,1H3. The van der Waals surface area contributed by atoms with Gasteiger partial charge in [0.15, 0.2) is 0 Å². The summed E-state index contributed by atoms with van der Waals surface area (Å²) >= 11 is 0. The lowest BCUT2D eigenvalue weighted by atomic mass is 9.67. The quantitative estimate of drug-likeness (QED) is 0.678. The lowest BCUT2D eigenvalue weighted by molar-refractivity contribution is -0.0746. The first-order chi connectivity index (χ1) is 5.62. The van der Waals surface area contributed by atoms with Crippen molar-refractivity contribution in [1.82, 2.24) is 0 Å². The van der Waals surface area contributed by atoms with E-state index in [-0.39, 0.29) is 5.41 Å². The molecular weight excluding hydrogens is 150 g/mol. The molecule has 2 heteroatoms. The summed E-state index contributed by atoms with van der Waals surface area (Å²) in [5.74, 6) is 0.389. The van der Waals surface area contributed by atoms with E-state index in [1.807, 2.05) is 6.92 Å². The minimum Gasteiger partial charge on any atom is -0.388 e. The van der Waals surface area contributed by atoms with Gasteiger partial charge in [0.1, 0.15) is 0 Å². The molecule has 0 spiro atoms. The van der Waals surface area contributed by atoms with Crippen molar-refractivity contribution in [3.8, 4) is 6.07 Å². The van der Waals surface area contributed by atoms with E-state index in [2.05, 4.69) is 6.07 Å². The Hall–Kier alpha value is -0.550. The fraction of sp³-hybridized carbons (Fsp3) is 0.900. The van der Waals surface area contributed by atoms with Crippen molar-refractivity contribution in [2.75, 3.05) is 0 Å². The van der Waals surface area contributed by atoms with Gasteiger partial charge in [-0.25, -0.2) is 0 Å². The van der Waals surface area contributed by atoms with Gasteiger partial charge in [-0.1, -0.05) is 6.42 Å². The second kappa shape index (κ2) is 2.23. The molecule has 0 aromatic heterocycles. The predicted octanol–water partition coefficient (Wildman–Crippen LogP) is 1.84. The molecule has 0 amide bonds. The summed E-state index contributed by atoms with van der Waals surface area (Å²) in [6, 6.07) is 2.29. The van der Waals surface area contributed by atoms with Gasteiger partial charge < -0.3 is 5.11 Å². The van der Waals surface area contributed by atoms with Crippen molar-refractivity contribution in [3.63, 3.8) is 0 Å². The average Bonchev–Trinajstić information content (AvgIpc) is 2.60. The number of rotatable bonds is 2. The third-order valence-corrected chi connectivity index (χ3v) is 3.83. The molecule has 2 saturated carbocycles. The summed E-state index contributed by atoms with van der Waals surface area (Å²) in [5.41, 5.74) is -1.09. The second-order valence-electron chi connectivity index (χ2n) is 4.47. The molecule has 12 heavy (non-hydrogen) atoms. The molecule has 0 saturated heterocycles. The lowest BCUT2D eigenvalue weighted by Gasteiger charge is -2.42. The van der Waals surface area contributed by atoms with E-state index in [0.717, 1.165) is 25.7 Å². The lowest BCUT2D eigenvalue weighted by Crippen LogP contribution is -2.46. The van der Waals surface area contributed by atoms with Crippen LogP contribution in [0.5, 0.6) is 0 Å². The van der Waals surface area contributed by atoms with Crippen LogP contribution in [-0.4, -0.2) is 10.7 Å². The Morgan fingerprint density at radius 1 is 1.50 bits per heavy atom. The van der Waals surface area contributed by atoms with Crippen LogP contribution in [0.1, 0.15) is 39.0 Å². The van der Waals surface area contributed by atoms with Crippen molar-refractivity contribution in [1.29, 1.82) is 5.26 Å². The molecule has 1 N–H and O–H groups in total. The monoisotopic (exact) mass is 165 g/mol. The van der Waals surface area contributed by atoms with E-state index >= 15 is 0 Å². The van der Waals surface area contributed by atoms with Gasteiger partial charge in [0.25, 0.3) is 0 Å². The van der Waals surface area contributed by atoms with Crippen LogP contribution >= 0.6 is 0 Å². The number of nitrogens with zero attached hydrogens (tertiary/aromatic N) is 1. The Kier molecular flexibility index (Phi) is 1.50. The summed E-state index contributed by atoms with van der Waals surface area (Å²) in [7, 11) is 0. The van der Waals surface area contributed by atoms with Crippen LogP contribution in [0.4, 0.5) is 0 Å². The van der Waals surface area contributed by atoms with E-state index in [4.69, 9.17) is 5.26 Å². The van der Waals surface area contributed by atoms with Gasteiger partial charge in [0, 0.05) is 0 Å². The van der Waals surface area contributed by atoms with Gasteiger partial charge in [0.05, 0.1) is 17.1 Å². The zero-order valence-electron chi connectivity index (χ0n) is 7.51. The molecule has 0 aromatic carbocycles. The Morgan fingerprint density at radius 2 is 2.08 bits per heavy atom. The number of hydrogen-bond acceptors (Lipinski definition) is 2. The zero-order chi connectivity index (χ0) is 8.82. The average molecular weight is 165 g/mol. The minimum atomic E-state index is -0.708. The Balaban J connectivity index is 2.15. The summed E-state index contributed by atoms with van der Waals surface area (Å²) in [5, 5.41) is 19.2. The number of aliphatic hydroxyl groups is 1. The summed E-state index contributed by atoms with van der Waals surface area (Å²) in [6.07, 6.45) is 5.23. The van der Waals surface area contributed by atoms with Crippen molar-refractivity contribution >= 4 is 0 Å². The highest BCUT2D eigenvalue weighted by molar-refractivity contribution is 5.21. The molecular formula is C10H15NO. The maximum atomic E-state index is 10.2. The van der Waals surface area contributed by atoms with Gasteiger partial charge in [-0.3, -0.25) is 0 Å². The molecule has 0 aromatic rings. The van der Waals surface area contributed by atoms with Gasteiger partial charge in [0.2, 0.25) is 0 Å². The third kappa shape index (κ3) is 0.834. The highest BCUT2D eigenvalue weighted by Crippen LogP contribution is 2.59. The minimum absolute atomic E-state index is 0.377. The van der Waals surface area contributed by atoms with Gasteiger partial charge in [-0.05, 0) is 38.5 Å². The summed E-state index contributed by atoms with van der Waals surface area (Å²) in [6.45, 7) is 1.85. The van der Waals surface area contributed by atoms with Crippen molar-refractivity contribution in [3.05, 3.63) is 0 Å². The predicted molar refractivity (Wildman–Crippen MR) is 45.2 cm³/mol. The molecule has 0 bridgehead atoms. The molecule has 66 valence electrons. The van der Waals surface area contributed by atoms with Gasteiger partial charge >= 0.3 is 0 Å². The molecule has 1 unspecified atom stereocenters. The highest BCUT2D eigenvalue weighted by Gasteiger charge is 2.60. The van der Waals surface area contributed by atoms with Crippen LogP contribution in [0.25, 0.3) is 0 Å². The van der Waals surface area contributed by atoms with Crippen LogP contribution in [0.15, 0.2) is 0 Å². The third-order valence-electron chi connectivity index (χ3n) is 3.83. The van der Waals surface area contributed by atoms with E-state index in [1.165, 1.54) is 6.42 Å². The van der Waals surface area contributed by atoms with Crippen molar-refractivity contribution in [2.24, 2.45) is 11.3 Å². The molecule has 0 radical (unpaired) electrons. The topological polar surface area (TPSA) is 44.0 Å². The molecule has 1 atom stereocenters. The van der Waals surface area contributed by atoms with Crippen LogP contribution in [-0.2, 0) is 0 Å². The van der Waals surface area contributed by atoms with Gasteiger partial charge in [-0.2, -0.15) is 5.26 Å². The number of nitriles is 1. The van der Waals surface area contributed by atoms with Crippen molar-refractivity contribution < 1.29 is 5.11 Å². The van der Waals surface area contributed by atoms with Gasteiger partial charge in [-0.15, -0.1) is 0 Å². The molecule has 2 aliphatic carbocycles. The molecule has 2 fully saturated rings. The normalized spacial score (nSPS) is 31.4. The van der Waals surface area contributed by atoms with E-state index < -0.39 is 5.60 Å². The first-order valence-corrected chi connectivity index (χ1v) is 4.76. The van der Waals surface area contributed by atoms with Crippen LogP contribution in [0.2, 0.25) is 0 Å². The Morgan fingerprint density at radius 3 is 2.33 bits per heavy atom. The smallest absolute Gasteiger partial charge is 0.0861 e. The van der Waals surface area contributed by atoms with E-state index in [9.17, 15) is 5.11 Å². The SMILES string of the molecule is CC(O)(C1CCC1)C1(C#N)CC1. The summed E-state index contributed by atoms with van der Waals surface area (Å²) in [4.78, 5) is 0. The Labute approximate surface area is 73.2 Å². The van der Waals surface area contributed by atoms with Crippen molar-refractivity contribution in [2.45, 2.75) is 44.6 Å². The van der Waals surface area contributed by atoms with Crippen LogP contribution in [0, 0.1) is 22.7 Å². The Bertz CT molecular complexity index is 231. The molecule has 0 aliphatic heterocycles. The molecule has 0 heterocycles. The molecule has 2 rings (SSSR count). The zero-order valence-corrected chi connectivity index (χ0v) is 7.51. The maximum absolute atomic E-state index is 10.2. The first-order valence-electron chi connectivity index (χ1n) is 4.76. The van der Waals surface area contributed by atoms with E-state index in [0.29, 0.717) is 5.92 Å². The maximum Gasteiger partial charge on any atom is 0.0861 e. The van der Waals surface area contributed by atoms with E-state index in [1.54, 1.807) is 0 Å². The first kappa shape index (κ1) is 8.07. The van der Waals surface area contributed by atoms with Crippen LogP contribution < -0.4 is 0 Å².